The van der Waals surface area contributed by atoms with E-state index in [1.54, 1.807) is 23.1 Å². The summed E-state index contributed by atoms with van der Waals surface area (Å²) in [5, 5.41) is 6.16. The van der Waals surface area contributed by atoms with E-state index in [4.69, 9.17) is 22.1 Å². The summed E-state index contributed by atoms with van der Waals surface area (Å²) < 4.78 is 5.47. The van der Waals surface area contributed by atoms with Crippen molar-refractivity contribution in [1.82, 2.24) is 10.2 Å². The average Bonchev–Trinajstić information content (AvgIpc) is 2.83. The van der Waals surface area contributed by atoms with E-state index in [1.165, 1.54) is 0 Å². The summed E-state index contributed by atoms with van der Waals surface area (Å²) in [6.07, 6.45) is 0.0631. The van der Waals surface area contributed by atoms with Gasteiger partial charge < -0.3 is 20.7 Å². The quantitative estimate of drug-likeness (QED) is 0.573. The Balaban J connectivity index is 1.66. The molecule has 0 atom stereocenters. The maximum Gasteiger partial charge on any atom is 0.411 e. The Morgan fingerprint density at radius 3 is 2.39 bits per heavy atom. The first kappa shape index (κ1) is 24.5. The standard InChI is InChI=1S/C24H29ClN4O4/c1-17-6-8-19(9-7-17)28-23(32)33-16-24(10-12-29(13-11-24)21(30)14-26)22(31)27-15-18-4-2-3-5-20(18)25/h2-9H,10-16,26H2,1H3,(H,27,31)(H,28,32). The molecule has 0 aromatic heterocycles. The van der Waals surface area contributed by atoms with Gasteiger partial charge in [0, 0.05) is 30.3 Å². The van der Waals surface area contributed by atoms with Gasteiger partial charge in [-0.1, -0.05) is 47.5 Å². The van der Waals surface area contributed by atoms with Crippen molar-refractivity contribution in [2.45, 2.75) is 26.3 Å². The molecule has 33 heavy (non-hydrogen) atoms. The van der Waals surface area contributed by atoms with Gasteiger partial charge in [-0.15, -0.1) is 0 Å². The van der Waals surface area contributed by atoms with Crippen LogP contribution in [0.3, 0.4) is 0 Å². The summed E-state index contributed by atoms with van der Waals surface area (Å²) in [5.74, 6) is -0.413. The highest BCUT2D eigenvalue weighted by Gasteiger charge is 2.43. The molecule has 0 aliphatic carbocycles. The molecule has 0 spiro atoms. The van der Waals surface area contributed by atoms with Gasteiger partial charge in [0.05, 0.1) is 12.0 Å². The number of likely N-dealkylation sites (tertiary alicyclic amines) is 1. The number of nitrogens with one attached hydrogen (secondary N) is 2. The Bertz CT molecular complexity index is 988. The molecular weight excluding hydrogens is 444 g/mol. The maximum atomic E-state index is 13.3. The number of carbonyl (C=O) groups excluding carboxylic acids is 3. The van der Waals surface area contributed by atoms with Gasteiger partial charge in [0.25, 0.3) is 0 Å². The number of anilines is 1. The van der Waals surface area contributed by atoms with Gasteiger partial charge in [0.2, 0.25) is 11.8 Å². The Labute approximate surface area is 198 Å². The first-order chi connectivity index (χ1) is 15.8. The molecule has 0 saturated carbocycles. The Kier molecular flexibility index (Phi) is 8.30. The van der Waals surface area contributed by atoms with Crippen LogP contribution in [-0.4, -0.2) is 49.0 Å². The number of hydrogen-bond donors (Lipinski definition) is 3. The van der Waals surface area contributed by atoms with Gasteiger partial charge in [0.15, 0.2) is 0 Å². The molecule has 2 aromatic rings. The Morgan fingerprint density at radius 2 is 1.76 bits per heavy atom. The first-order valence-electron chi connectivity index (χ1n) is 10.8. The van der Waals surface area contributed by atoms with Crippen molar-refractivity contribution >= 4 is 35.2 Å². The van der Waals surface area contributed by atoms with Crippen molar-refractivity contribution in [2.24, 2.45) is 11.1 Å². The third-order valence-corrected chi connectivity index (χ3v) is 6.27. The molecule has 1 heterocycles. The smallest absolute Gasteiger partial charge is 0.411 e. The van der Waals surface area contributed by atoms with Crippen LogP contribution in [0.4, 0.5) is 10.5 Å². The fraction of sp³-hybridized carbons (Fsp3) is 0.375. The lowest BCUT2D eigenvalue weighted by Crippen LogP contribution is -2.53. The van der Waals surface area contributed by atoms with E-state index in [-0.39, 0.29) is 31.5 Å². The molecule has 0 unspecified atom stereocenters. The van der Waals surface area contributed by atoms with Crippen LogP contribution >= 0.6 is 11.6 Å². The van der Waals surface area contributed by atoms with Crippen molar-refractivity contribution in [3.8, 4) is 0 Å². The summed E-state index contributed by atoms with van der Waals surface area (Å²) in [5.41, 5.74) is 6.98. The minimum absolute atomic E-state index is 0.0822. The van der Waals surface area contributed by atoms with Gasteiger partial charge in [-0.05, 0) is 43.5 Å². The van der Waals surface area contributed by atoms with Gasteiger partial charge in [0.1, 0.15) is 6.61 Å². The number of carbonyl (C=O) groups is 3. The van der Waals surface area contributed by atoms with E-state index in [2.05, 4.69) is 10.6 Å². The zero-order chi connectivity index (χ0) is 23.8. The third kappa shape index (κ3) is 6.46. The van der Waals surface area contributed by atoms with E-state index < -0.39 is 11.5 Å². The Hall–Kier alpha value is -3.10. The zero-order valence-electron chi connectivity index (χ0n) is 18.6. The maximum absolute atomic E-state index is 13.3. The molecule has 1 aliphatic rings. The van der Waals surface area contributed by atoms with Crippen LogP contribution in [0.5, 0.6) is 0 Å². The molecule has 3 rings (SSSR count). The number of aryl methyl sites for hydroxylation is 1. The lowest BCUT2D eigenvalue weighted by molar-refractivity contribution is -0.142. The number of benzene rings is 2. The zero-order valence-corrected chi connectivity index (χ0v) is 19.4. The van der Waals surface area contributed by atoms with Gasteiger partial charge >= 0.3 is 6.09 Å². The minimum Gasteiger partial charge on any atom is -0.448 e. The lowest BCUT2D eigenvalue weighted by atomic mass is 9.78. The van der Waals surface area contributed by atoms with Crippen molar-refractivity contribution in [2.75, 3.05) is 31.6 Å². The molecule has 9 heteroatoms. The van der Waals surface area contributed by atoms with E-state index in [0.29, 0.717) is 36.6 Å². The van der Waals surface area contributed by atoms with Crippen LogP contribution in [0.25, 0.3) is 0 Å². The second-order valence-corrected chi connectivity index (χ2v) is 8.61. The largest absolute Gasteiger partial charge is 0.448 e. The SMILES string of the molecule is Cc1ccc(NC(=O)OCC2(C(=O)NCc3ccccc3Cl)CCN(C(=O)CN)CC2)cc1. The average molecular weight is 473 g/mol. The van der Waals surface area contributed by atoms with Gasteiger partial charge in [-0.2, -0.15) is 0 Å². The number of piperidine rings is 1. The summed E-state index contributed by atoms with van der Waals surface area (Å²) >= 11 is 6.20. The van der Waals surface area contributed by atoms with E-state index in [1.807, 2.05) is 37.3 Å². The van der Waals surface area contributed by atoms with Gasteiger partial charge in [-0.25, -0.2) is 4.79 Å². The highest BCUT2D eigenvalue weighted by atomic mass is 35.5. The second kappa shape index (κ2) is 11.2. The lowest BCUT2D eigenvalue weighted by Gasteiger charge is -2.40. The van der Waals surface area contributed by atoms with Crippen LogP contribution in [0.15, 0.2) is 48.5 Å². The summed E-state index contributed by atoms with van der Waals surface area (Å²) in [6.45, 7) is 2.73. The number of ether oxygens (including phenoxy) is 1. The minimum atomic E-state index is -0.961. The van der Waals surface area contributed by atoms with Crippen LogP contribution in [-0.2, 0) is 20.9 Å². The predicted molar refractivity (Wildman–Crippen MR) is 127 cm³/mol. The molecule has 3 amide bonds. The Morgan fingerprint density at radius 1 is 1.09 bits per heavy atom. The first-order valence-corrected chi connectivity index (χ1v) is 11.2. The number of nitrogens with two attached hydrogens (primary N) is 1. The van der Waals surface area contributed by atoms with Crippen LogP contribution in [0, 0.1) is 12.3 Å². The van der Waals surface area contributed by atoms with Crippen LogP contribution < -0.4 is 16.4 Å². The van der Waals surface area contributed by atoms with Crippen LogP contribution in [0.2, 0.25) is 5.02 Å². The molecule has 4 N–H and O–H groups in total. The predicted octanol–water partition coefficient (Wildman–Crippen LogP) is 3.08. The highest BCUT2D eigenvalue weighted by molar-refractivity contribution is 6.31. The van der Waals surface area contributed by atoms with E-state index in [0.717, 1.165) is 11.1 Å². The molecule has 1 fully saturated rings. The summed E-state index contributed by atoms with van der Waals surface area (Å²) in [4.78, 5) is 39.3. The third-order valence-electron chi connectivity index (χ3n) is 5.90. The molecule has 1 saturated heterocycles. The number of nitrogens with zero attached hydrogens (tertiary/aromatic N) is 1. The van der Waals surface area contributed by atoms with Crippen molar-refractivity contribution in [1.29, 1.82) is 0 Å². The monoisotopic (exact) mass is 472 g/mol. The molecule has 1 aliphatic heterocycles. The van der Waals surface area contributed by atoms with E-state index in [9.17, 15) is 14.4 Å². The normalized spacial score (nSPS) is 14.9. The summed E-state index contributed by atoms with van der Waals surface area (Å²) in [7, 11) is 0. The molecular formula is C24H29ClN4O4. The van der Waals surface area contributed by atoms with Crippen molar-refractivity contribution in [3.63, 3.8) is 0 Å². The number of amides is 3. The summed E-state index contributed by atoms with van der Waals surface area (Å²) in [6, 6.07) is 14.6. The molecule has 2 aromatic carbocycles. The molecule has 0 radical (unpaired) electrons. The van der Waals surface area contributed by atoms with Gasteiger partial charge in [-0.3, -0.25) is 14.9 Å². The number of hydrogen-bond acceptors (Lipinski definition) is 5. The van der Waals surface area contributed by atoms with E-state index >= 15 is 0 Å². The van der Waals surface area contributed by atoms with Crippen molar-refractivity contribution < 1.29 is 19.1 Å². The topological polar surface area (TPSA) is 114 Å². The molecule has 8 nitrogen and oxygen atoms in total. The molecule has 0 bridgehead atoms. The fourth-order valence-corrected chi connectivity index (χ4v) is 3.95. The number of halogens is 1. The second-order valence-electron chi connectivity index (χ2n) is 8.21. The van der Waals surface area contributed by atoms with Crippen molar-refractivity contribution in [3.05, 3.63) is 64.7 Å². The fourth-order valence-electron chi connectivity index (χ4n) is 3.75. The number of rotatable bonds is 7. The highest BCUT2D eigenvalue weighted by Crippen LogP contribution is 2.33. The molecule has 176 valence electrons. The van der Waals surface area contributed by atoms with Crippen LogP contribution in [0.1, 0.15) is 24.0 Å².